The van der Waals surface area contributed by atoms with Crippen LogP contribution in [-0.2, 0) is 26.2 Å². The summed E-state index contributed by atoms with van der Waals surface area (Å²) < 4.78 is 0. The molecule has 0 amide bonds. The van der Waals surface area contributed by atoms with Crippen molar-refractivity contribution in [1.29, 1.82) is 0 Å². The van der Waals surface area contributed by atoms with Crippen LogP contribution in [-0.4, -0.2) is 0 Å². The third kappa shape index (κ3) is 5.99. The molecule has 13 heavy (non-hydrogen) atoms. The van der Waals surface area contributed by atoms with Gasteiger partial charge in [0, 0.05) is 0 Å². The van der Waals surface area contributed by atoms with Gasteiger partial charge in [0.1, 0.15) is 0 Å². The van der Waals surface area contributed by atoms with E-state index in [-0.39, 0.29) is 29.1 Å². The van der Waals surface area contributed by atoms with E-state index in [2.05, 4.69) is 37.3 Å². The molecule has 0 N–H and O–H groups in total. The van der Waals surface area contributed by atoms with Crippen LogP contribution in [0.1, 0.15) is 29.0 Å². The summed E-state index contributed by atoms with van der Waals surface area (Å²) in [4.78, 5) is 0. The van der Waals surface area contributed by atoms with Crippen LogP contribution in [0.5, 0.6) is 0 Å². The van der Waals surface area contributed by atoms with Crippen LogP contribution in [0.15, 0.2) is 36.0 Å². The molecule has 0 radical (unpaired) electrons. The van der Waals surface area contributed by atoms with Crippen LogP contribution in [0.3, 0.4) is 0 Å². The molecule has 0 aromatic rings. The normalized spacial score (nSPS) is 16.2. The van der Waals surface area contributed by atoms with E-state index in [1.165, 1.54) is 5.57 Å². The van der Waals surface area contributed by atoms with Crippen molar-refractivity contribution in [1.82, 2.24) is 0 Å². The van der Waals surface area contributed by atoms with Gasteiger partial charge in [0.25, 0.3) is 0 Å². The quantitative estimate of drug-likeness (QED) is 0.625. The molecule has 0 saturated heterocycles. The van der Waals surface area contributed by atoms with Gasteiger partial charge in [0.2, 0.25) is 0 Å². The second-order valence-electron chi connectivity index (χ2n) is 2.67. The van der Waals surface area contributed by atoms with Crippen molar-refractivity contribution < 1.29 is 29.1 Å². The first-order valence-electron chi connectivity index (χ1n) is 4.41. The molecule has 0 aliphatic heterocycles. The Hall–Kier alpha value is -0.157. The molecular weight excluding hydrogens is 235 g/mol. The summed E-state index contributed by atoms with van der Waals surface area (Å²) in [7, 11) is 0. The molecule has 0 bridgehead atoms. The predicted octanol–water partition coefficient (Wildman–Crippen LogP) is 3.61. The Morgan fingerprint density at radius 3 is 2.46 bits per heavy atom. The second kappa shape index (κ2) is 8.44. The van der Waals surface area contributed by atoms with Gasteiger partial charge in [-0.3, -0.25) is 12.2 Å². The molecule has 0 aromatic heterocycles. The van der Waals surface area contributed by atoms with Crippen LogP contribution in [0.25, 0.3) is 0 Å². The summed E-state index contributed by atoms with van der Waals surface area (Å²) in [5.74, 6) is 0. The fourth-order valence-corrected chi connectivity index (χ4v) is 1.03. The largest absolute Gasteiger partial charge is 4.00 e. The van der Waals surface area contributed by atoms with Crippen molar-refractivity contribution in [3.05, 3.63) is 48.1 Å². The van der Waals surface area contributed by atoms with Gasteiger partial charge < -0.3 is 2.85 Å². The van der Waals surface area contributed by atoms with E-state index in [0.717, 1.165) is 19.3 Å². The summed E-state index contributed by atoms with van der Waals surface area (Å²) in [6, 6.07) is 0. The Morgan fingerprint density at radius 2 is 2.23 bits per heavy atom. The first kappa shape index (κ1) is 12.8. The minimum atomic E-state index is 0. The summed E-state index contributed by atoms with van der Waals surface area (Å²) in [6.45, 7) is 2.15. The van der Waals surface area contributed by atoms with Crippen LogP contribution in [0.2, 0.25) is 0 Å². The molecule has 0 atom stereocenters. The van der Waals surface area contributed by atoms with Crippen LogP contribution in [0.4, 0.5) is 0 Å². The molecular formula is C12H16Zr. The predicted molar refractivity (Wildman–Crippen MR) is 54.6 cm³/mol. The molecule has 0 nitrogen and oxygen atoms in total. The second-order valence-corrected chi connectivity index (χ2v) is 2.67. The van der Waals surface area contributed by atoms with Crippen molar-refractivity contribution in [3.8, 4) is 0 Å². The third-order valence-corrected chi connectivity index (χ3v) is 1.73. The standard InChI is InChI=1S/C7H9.C5H5.Zr.2H/c1-2-7-5-3-4-6-7;1-2-4-5-3-1;;;/h3,5H,2,4H2,1H3;1-3H,4H2;;;/q2*-1;+4;2*-1. The Morgan fingerprint density at radius 1 is 1.38 bits per heavy atom. The number of hydrogen-bond acceptors (Lipinski definition) is 0. The molecule has 0 spiro atoms. The van der Waals surface area contributed by atoms with Crippen molar-refractivity contribution in [3.63, 3.8) is 0 Å². The van der Waals surface area contributed by atoms with Gasteiger partial charge in [0.15, 0.2) is 0 Å². The maximum absolute atomic E-state index is 3.21. The zero-order valence-corrected chi connectivity index (χ0v) is 10.5. The van der Waals surface area contributed by atoms with Gasteiger partial charge in [-0.1, -0.05) is 13.3 Å². The zero-order valence-electron chi connectivity index (χ0n) is 10.0. The monoisotopic (exact) mass is 250 g/mol. The molecule has 1 heteroatoms. The molecule has 0 saturated carbocycles. The molecule has 0 fully saturated rings. The topological polar surface area (TPSA) is 0 Å². The van der Waals surface area contributed by atoms with Crippen molar-refractivity contribution >= 4 is 0 Å². The molecule has 2 rings (SSSR count). The van der Waals surface area contributed by atoms with Gasteiger partial charge >= 0.3 is 26.2 Å². The van der Waals surface area contributed by atoms with Crippen molar-refractivity contribution in [2.24, 2.45) is 0 Å². The molecule has 2 aliphatic carbocycles. The fraction of sp³-hybridized carbons (Fsp3) is 0.333. The van der Waals surface area contributed by atoms with Gasteiger partial charge in [-0.15, -0.1) is 12.8 Å². The van der Waals surface area contributed by atoms with Crippen LogP contribution in [0, 0.1) is 12.2 Å². The Labute approximate surface area is 103 Å². The van der Waals surface area contributed by atoms with E-state index in [4.69, 9.17) is 0 Å². The van der Waals surface area contributed by atoms with E-state index < -0.39 is 0 Å². The number of allylic oxidation sites excluding steroid dienone is 8. The van der Waals surface area contributed by atoms with E-state index in [1.54, 1.807) is 0 Å². The Balaban J connectivity index is -0.000000165. The first-order chi connectivity index (χ1) is 5.93. The van der Waals surface area contributed by atoms with Gasteiger partial charge in [-0.2, -0.15) is 12.2 Å². The zero-order chi connectivity index (χ0) is 8.65. The van der Waals surface area contributed by atoms with E-state index in [0.29, 0.717) is 0 Å². The summed E-state index contributed by atoms with van der Waals surface area (Å²) >= 11 is 0. The van der Waals surface area contributed by atoms with Gasteiger partial charge in [-0.25, -0.2) is 23.8 Å². The molecule has 0 aromatic carbocycles. The van der Waals surface area contributed by atoms with Gasteiger partial charge in [0.05, 0.1) is 0 Å². The molecule has 2 aliphatic rings. The minimum Gasteiger partial charge on any atom is -1.00 e. The summed E-state index contributed by atoms with van der Waals surface area (Å²) in [5, 5.41) is 0. The van der Waals surface area contributed by atoms with Crippen LogP contribution < -0.4 is 0 Å². The molecule has 0 heterocycles. The van der Waals surface area contributed by atoms with E-state index in [9.17, 15) is 0 Å². The average molecular weight is 251 g/mol. The van der Waals surface area contributed by atoms with Gasteiger partial charge in [-0.05, 0) is 0 Å². The SMILES string of the molecule is CCC1=[C-]CC=C1.[C-]1=CC=CC1.[H-].[H-].[Zr+4]. The number of rotatable bonds is 1. The van der Waals surface area contributed by atoms with Crippen LogP contribution >= 0.6 is 0 Å². The minimum absolute atomic E-state index is 0. The Bertz CT molecular complexity index is 230. The smallest absolute Gasteiger partial charge is 1.00 e. The van der Waals surface area contributed by atoms with Crippen molar-refractivity contribution in [2.75, 3.05) is 0 Å². The maximum Gasteiger partial charge on any atom is 4.00 e. The Kier molecular flexibility index (Phi) is 8.34. The summed E-state index contributed by atoms with van der Waals surface area (Å²) in [6.07, 6.45) is 19.7. The molecule has 68 valence electrons. The van der Waals surface area contributed by atoms with Crippen molar-refractivity contribution in [2.45, 2.75) is 26.2 Å². The first-order valence-corrected chi connectivity index (χ1v) is 4.41. The fourth-order valence-electron chi connectivity index (χ4n) is 1.03. The van der Waals surface area contributed by atoms with E-state index >= 15 is 0 Å². The number of hydrogen-bond donors (Lipinski definition) is 0. The van der Waals surface area contributed by atoms with E-state index in [1.807, 2.05) is 12.2 Å². The maximum atomic E-state index is 3.21. The summed E-state index contributed by atoms with van der Waals surface area (Å²) in [5.41, 5.74) is 1.36. The average Bonchev–Trinajstić information content (AvgIpc) is 2.81. The molecule has 0 unspecified atom stereocenters. The third-order valence-electron chi connectivity index (χ3n) is 1.73.